The Morgan fingerprint density at radius 1 is 1.35 bits per heavy atom. The Kier molecular flexibility index (Phi) is 4.08. The molecule has 2 rings (SSSR count). The minimum Gasteiger partial charge on any atom is -0.347 e. The standard InChI is InChI=1S/C14H19ClN2/c1-2-8-17-10-11(4-3-7-16)13-6-5-12(15)9-14(13)17/h5-6,9-10H,2-4,7-8,16H2,1H3. The minimum absolute atomic E-state index is 0.744. The zero-order chi connectivity index (χ0) is 12.3. The number of aryl methyl sites for hydroxylation is 2. The van der Waals surface area contributed by atoms with Crippen LogP contribution in [0, 0.1) is 0 Å². The molecule has 0 aliphatic heterocycles. The van der Waals surface area contributed by atoms with Crippen LogP contribution >= 0.6 is 11.6 Å². The van der Waals surface area contributed by atoms with Gasteiger partial charge in [-0.15, -0.1) is 0 Å². The van der Waals surface area contributed by atoms with Crippen molar-refractivity contribution < 1.29 is 0 Å². The quantitative estimate of drug-likeness (QED) is 0.864. The number of rotatable bonds is 5. The van der Waals surface area contributed by atoms with Crippen molar-refractivity contribution >= 4 is 22.5 Å². The molecule has 3 heteroatoms. The largest absolute Gasteiger partial charge is 0.347 e. The zero-order valence-electron chi connectivity index (χ0n) is 10.2. The molecular formula is C14H19ClN2. The predicted octanol–water partition coefficient (Wildman–Crippen LogP) is 3.60. The Morgan fingerprint density at radius 3 is 2.88 bits per heavy atom. The summed E-state index contributed by atoms with van der Waals surface area (Å²) < 4.78 is 2.30. The summed E-state index contributed by atoms with van der Waals surface area (Å²) in [5.41, 5.74) is 8.21. The molecule has 17 heavy (non-hydrogen) atoms. The van der Waals surface area contributed by atoms with Crippen LogP contribution in [0.15, 0.2) is 24.4 Å². The summed E-state index contributed by atoms with van der Waals surface area (Å²) >= 11 is 6.07. The molecule has 0 spiro atoms. The average Bonchev–Trinajstić information content (AvgIpc) is 2.65. The van der Waals surface area contributed by atoms with Crippen molar-refractivity contribution in [2.75, 3.05) is 6.54 Å². The molecule has 0 radical (unpaired) electrons. The van der Waals surface area contributed by atoms with Gasteiger partial charge in [-0.3, -0.25) is 0 Å². The van der Waals surface area contributed by atoms with Crippen LogP contribution in [0.3, 0.4) is 0 Å². The first-order chi connectivity index (χ1) is 8.26. The van der Waals surface area contributed by atoms with E-state index in [1.165, 1.54) is 16.5 Å². The first kappa shape index (κ1) is 12.5. The SMILES string of the molecule is CCCn1cc(CCCN)c2ccc(Cl)cc21. The normalized spacial score (nSPS) is 11.2. The number of nitrogens with zero attached hydrogens (tertiary/aromatic N) is 1. The first-order valence-corrected chi connectivity index (χ1v) is 6.61. The van der Waals surface area contributed by atoms with Crippen molar-refractivity contribution in [3.8, 4) is 0 Å². The molecule has 0 fully saturated rings. The van der Waals surface area contributed by atoms with Gasteiger partial charge in [0.05, 0.1) is 0 Å². The van der Waals surface area contributed by atoms with E-state index in [0.717, 1.165) is 37.4 Å². The molecule has 1 aromatic carbocycles. The molecule has 1 aromatic heterocycles. The lowest BCUT2D eigenvalue weighted by molar-refractivity contribution is 0.699. The van der Waals surface area contributed by atoms with Crippen LogP contribution in [0.2, 0.25) is 5.02 Å². The van der Waals surface area contributed by atoms with Gasteiger partial charge in [-0.25, -0.2) is 0 Å². The van der Waals surface area contributed by atoms with E-state index in [2.05, 4.69) is 29.8 Å². The van der Waals surface area contributed by atoms with E-state index < -0.39 is 0 Å². The van der Waals surface area contributed by atoms with E-state index in [0.29, 0.717) is 0 Å². The Hall–Kier alpha value is -0.990. The molecule has 0 atom stereocenters. The van der Waals surface area contributed by atoms with Crippen LogP contribution in [-0.2, 0) is 13.0 Å². The zero-order valence-corrected chi connectivity index (χ0v) is 11.0. The number of nitrogens with two attached hydrogens (primary N) is 1. The van der Waals surface area contributed by atoms with Crippen molar-refractivity contribution in [1.82, 2.24) is 4.57 Å². The summed E-state index contributed by atoms with van der Waals surface area (Å²) in [6.07, 6.45) is 5.46. The maximum atomic E-state index is 6.07. The van der Waals surface area contributed by atoms with Gasteiger partial charge in [-0.2, -0.15) is 0 Å². The molecule has 0 aliphatic rings. The molecule has 0 bridgehead atoms. The number of hydrogen-bond donors (Lipinski definition) is 1. The Balaban J connectivity index is 2.46. The molecule has 0 aliphatic carbocycles. The predicted molar refractivity (Wildman–Crippen MR) is 74.6 cm³/mol. The van der Waals surface area contributed by atoms with Crippen LogP contribution in [0.25, 0.3) is 10.9 Å². The lowest BCUT2D eigenvalue weighted by Gasteiger charge is -2.02. The highest BCUT2D eigenvalue weighted by Crippen LogP contribution is 2.26. The Labute approximate surface area is 107 Å². The Bertz CT molecular complexity index is 502. The third kappa shape index (κ3) is 2.64. The van der Waals surface area contributed by atoms with Gasteiger partial charge < -0.3 is 10.3 Å². The van der Waals surface area contributed by atoms with Gasteiger partial charge >= 0.3 is 0 Å². The Morgan fingerprint density at radius 2 is 2.18 bits per heavy atom. The fourth-order valence-electron chi connectivity index (χ4n) is 2.26. The lowest BCUT2D eigenvalue weighted by Crippen LogP contribution is -2.00. The maximum Gasteiger partial charge on any atom is 0.0498 e. The number of halogens is 1. The highest BCUT2D eigenvalue weighted by atomic mass is 35.5. The monoisotopic (exact) mass is 250 g/mol. The summed E-state index contributed by atoms with van der Waals surface area (Å²) in [4.78, 5) is 0. The smallest absolute Gasteiger partial charge is 0.0498 e. The van der Waals surface area contributed by atoms with Crippen LogP contribution in [0.4, 0.5) is 0 Å². The number of hydrogen-bond acceptors (Lipinski definition) is 1. The van der Waals surface area contributed by atoms with Crippen LogP contribution < -0.4 is 5.73 Å². The third-order valence-corrected chi connectivity index (χ3v) is 3.28. The first-order valence-electron chi connectivity index (χ1n) is 6.23. The van der Waals surface area contributed by atoms with Crippen molar-refractivity contribution in [3.63, 3.8) is 0 Å². The second-order valence-electron chi connectivity index (χ2n) is 4.40. The minimum atomic E-state index is 0.744. The number of aromatic nitrogens is 1. The lowest BCUT2D eigenvalue weighted by atomic mass is 10.1. The van der Waals surface area contributed by atoms with E-state index in [4.69, 9.17) is 17.3 Å². The number of benzene rings is 1. The third-order valence-electron chi connectivity index (χ3n) is 3.04. The summed E-state index contributed by atoms with van der Waals surface area (Å²) in [5.74, 6) is 0. The van der Waals surface area contributed by atoms with Crippen LogP contribution in [0.5, 0.6) is 0 Å². The summed E-state index contributed by atoms with van der Waals surface area (Å²) in [6.45, 7) is 3.98. The van der Waals surface area contributed by atoms with Gasteiger partial charge in [0, 0.05) is 28.7 Å². The molecule has 2 N–H and O–H groups in total. The maximum absolute atomic E-state index is 6.07. The van der Waals surface area contributed by atoms with Gasteiger partial charge in [0.2, 0.25) is 0 Å². The van der Waals surface area contributed by atoms with Crippen molar-refractivity contribution in [1.29, 1.82) is 0 Å². The fraction of sp³-hybridized carbons (Fsp3) is 0.429. The van der Waals surface area contributed by atoms with Crippen molar-refractivity contribution in [3.05, 3.63) is 35.0 Å². The van der Waals surface area contributed by atoms with Crippen LogP contribution in [-0.4, -0.2) is 11.1 Å². The highest BCUT2D eigenvalue weighted by molar-refractivity contribution is 6.31. The average molecular weight is 251 g/mol. The summed E-state index contributed by atoms with van der Waals surface area (Å²) in [7, 11) is 0. The highest BCUT2D eigenvalue weighted by Gasteiger charge is 2.08. The molecule has 0 saturated heterocycles. The molecular weight excluding hydrogens is 232 g/mol. The van der Waals surface area contributed by atoms with E-state index in [1.54, 1.807) is 0 Å². The van der Waals surface area contributed by atoms with Gasteiger partial charge in [-0.1, -0.05) is 24.6 Å². The number of fused-ring (bicyclic) bond motifs is 1. The molecule has 1 heterocycles. The molecule has 0 amide bonds. The molecule has 2 nitrogen and oxygen atoms in total. The molecule has 92 valence electrons. The van der Waals surface area contributed by atoms with Gasteiger partial charge in [0.1, 0.15) is 0 Å². The molecule has 0 unspecified atom stereocenters. The van der Waals surface area contributed by atoms with Crippen molar-refractivity contribution in [2.24, 2.45) is 5.73 Å². The summed E-state index contributed by atoms with van der Waals surface area (Å²) in [6, 6.07) is 6.14. The molecule has 0 saturated carbocycles. The van der Waals surface area contributed by atoms with Crippen LogP contribution in [0.1, 0.15) is 25.3 Å². The van der Waals surface area contributed by atoms with Gasteiger partial charge in [0.25, 0.3) is 0 Å². The van der Waals surface area contributed by atoms with E-state index in [-0.39, 0.29) is 0 Å². The second-order valence-corrected chi connectivity index (χ2v) is 4.84. The summed E-state index contributed by atoms with van der Waals surface area (Å²) in [5, 5.41) is 2.12. The van der Waals surface area contributed by atoms with Gasteiger partial charge in [-0.05, 0) is 43.5 Å². The fourth-order valence-corrected chi connectivity index (χ4v) is 2.43. The van der Waals surface area contributed by atoms with E-state index in [9.17, 15) is 0 Å². The molecule has 2 aromatic rings. The van der Waals surface area contributed by atoms with Gasteiger partial charge in [0.15, 0.2) is 0 Å². The van der Waals surface area contributed by atoms with Crippen molar-refractivity contribution in [2.45, 2.75) is 32.7 Å². The second kappa shape index (κ2) is 5.56. The van der Waals surface area contributed by atoms with E-state index in [1.807, 2.05) is 6.07 Å². The topological polar surface area (TPSA) is 30.9 Å². The van der Waals surface area contributed by atoms with E-state index >= 15 is 0 Å².